The van der Waals surface area contributed by atoms with Crippen molar-refractivity contribution in [2.75, 3.05) is 29.0 Å². The van der Waals surface area contributed by atoms with Crippen molar-refractivity contribution in [1.29, 1.82) is 0 Å². The van der Waals surface area contributed by atoms with E-state index in [0.29, 0.717) is 35.9 Å². The van der Waals surface area contributed by atoms with Gasteiger partial charge in [0.2, 0.25) is 0 Å². The molecule has 0 bridgehead atoms. The van der Waals surface area contributed by atoms with Gasteiger partial charge >= 0.3 is 6.09 Å². The zero-order valence-electron chi connectivity index (χ0n) is 22.0. The van der Waals surface area contributed by atoms with Crippen LogP contribution in [0.3, 0.4) is 0 Å². The number of hydrogen-bond acceptors (Lipinski definition) is 9. The Balaban J connectivity index is 1.37. The summed E-state index contributed by atoms with van der Waals surface area (Å²) in [6, 6.07) is 5.85. The van der Waals surface area contributed by atoms with E-state index in [1.807, 2.05) is 26.8 Å². The lowest BCUT2D eigenvalue weighted by molar-refractivity contribution is 0.0105. The minimum absolute atomic E-state index is 0.0139. The number of nitrogens with one attached hydrogen (secondary N) is 3. The topological polar surface area (TPSA) is 152 Å². The summed E-state index contributed by atoms with van der Waals surface area (Å²) in [5.74, 6) is 0.308. The van der Waals surface area contributed by atoms with Crippen LogP contribution in [0.15, 0.2) is 36.8 Å². The van der Waals surface area contributed by atoms with Crippen molar-refractivity contribution in [3.05, 3.63) is 42.5 Å². The lowest BCUT2D eigenvalue weighted by atomic mass is 9.92. The molecular formula is C26H35N9O3. The summed E-state index contributed by atoms with van der Waals surface area (Å²) in [5, 5.41) is 14.6. The van der Waals surface area contributed by atoms with Crippen molar-refractivity contribution in [1.82, 2.24) is 24.5 Å². The molecular weight excluding hydrogens is 486 g/mol. The number of pyridine rings is 1. The Kier molecular flexibility index (Phi) is 7.06. The van der Waals surface area contributed by atoms with Crippen molar-refractivity contribution in [2.45, 2.75) is 70.2 Å². The van der Waals surface area contributed by atoms with Crippen LogP contribution in [0.4, 0.5) is 22.0 Å². The van der Waals surface area contributed by atoms with Gasteiger partial charge in [-0.25, -0.2) is 14.3 Å². The lowest BCUT2D eigenvalue weighted by Gasteiger charge is -2.40. The molecule has 3 aromatic rings. The van der Waals surface area contributed by atoms with E-state index in [1.165, 1.54) is 6.20 Å². The van der Waals surface area contributed by atoms with Crippen molar-refractivity contribution in [3.8, 4) is 0 Å². The molecule has 1 saturated carbocycles. The highest BCUT2D eigenvalue weighted by atomic mass is 16.6. The molecule has 0 aromatic carbocycles. The van der Waals surface area contributed by atoms with Crippen LogP contribution in [0, 0.1) is 0 Å². The molecule has 0 spiro atoms. The van der Waals surface area contributed by atoms with E-state index < -0.39 is 5.60 Å². The maximum atomic E-state index is 13.1. The maximum Gasteiger partial charge on any atom is 0.410 e. The van der Waals surface area contributed by atoms with Crippen molar-refractivity contribution >= 4 is 34.8 Å². The number of nitrogens with two attached hydrogens (primary N) is 1. The summed E-state index contributed by atoms with van der Waals surface area (Å²) in [5.41, 5.74) is 7.73. The molecule has 2 amide bonds. The van der Waals surface area contributed by atoms with Gasteiger partial charge in [-0.1, -0.05) is 0 Å². The van der Waals surface area contributed by atoms with Crippen LogP contribution in [0.1, 0.15) is 56.9 Å². The molecule has 0 radical (unpaired) electrons. The van der Waals surface area contributed by atoms with Gasteiger partial charge in [-0.3, -0.25) is 9.78 Å². The van der Waals surface area contributed by atoms with Gasteiger partial charge in [0.1, 0.15) is 11.4 Å². The third-order valence-electron chi connectivity index (χ3n) is 6.66. The first kappa shape index (κ1) is 25.7. The third-order valence-corrected chi connectivity index (χ3v) is 6.66. The Morgan fingerprint density at radius 1 is 1.05 bits per heavy atom. The first-order chi connectivity index (χ1) is 18.1. The smallest absolute Gasteiger partial charge is 0.410 e. The zero-order valence-corrected chi connectivity index (χ0v) is 22.0. The summed E-state index contributed by atoms with van der Waals surface area (Å²) in [6.45, 7) is 6.56. The van der Waals surface area contributed by atoms with E-state index in [-0.39, 0.29) is 30.1 Å². The SMILES string of the molecule is CC(C)(C)OC(=O)N1CC(Nc2cc(N[C@H]3CC[C@H](N)CC3)nn3c(C(=O)Nc4ccncc4)cnc23)C1. The summed E-state index contributed by atoms with van der Waals surface area (Å²) >= 11 is 0. The molecule has 0 unspecified atom stereocenters. The summed E-state index contributed by atoms with van der Waals surface area (Å²) in [7, 11) is 0. The monoisotopic (exact) mass is 521 g/mol. The molecule has 202 valence electrons. The highest BCUT2D eigenvalue weighted by molar-refractivity contribution is 6.03. The fourth-order valence-corrected chi connectivity index (χ4v) is 4.67. The first-order valence-corrected chi connectivity index (χ1v) is 13.0. The molecule has 3 aromatic heterocycles. The number of aromatic nitrogens is 4. The molecule has 5 N–H and O–H groups in total. The molecule has 2 fully saturated rings. The number of amides is 2. The number of imidazole rings is 1. The standard InChI is InChI=1S/C26H35N9O3/c1-26(2,3)38-25(37)34-14-19(15-34)30-20-12-22(31-17-6-4-16(27)5-7-17)33-35-21(13-29-23(20)35)24(36)32-18-8-10-28-11-9-18/h8-13,16-17,19,30H,4-7,14-15,27H2,1-3H3,(H,31,33)(H,28,32,36)/t16-,17-. The summed E-state index contributed by atoms with van der Waals surface area (Å²) in [6.07, 6.45) is 8.23. The molecule has 2 aliphatic rings. The average molecular weight is 522 g/mol. The van der Waals surface area contributed by atoms with Crippen LogP contribution in [0.2, 0.25) is 0 Å². The Hall–Kier alpha value is -3.93. The molecule has 38 heavy (non-hydrogen) atoms. The van der Waals surface area contributed by atoms with Gasteiger partial charge in [0.15, 0.2) is 11.3 Å². The first-order valence-electron chi connectivity index (χ1n) is 13.0. The Labute approximate surface area is 221 Å². The number of carbonyl (C=O) groups is 2. The second-order valence-electron chi connectivity index (χ2n) is 11.0. The van der Waals surface area contributed by atoms with Crippen LogP contribution in [-0.4, -0.2) is 73.3 Å². The van der Waals surface area contributed by atoms with Gasteiger partial charge in [0, 0.05) is 49.3 Å². The number of carbonyl (C=O) groups excluding carboxylic acids is 2. The minimum atomic E-state index is -0.542. The maximum absolute atomic E-state index is 13.1. The second kappa shape index (κ2) is 10.4. The second-order valence-corrected chi connectivity index (χ2v) is 11.0. The number of ether oxygens (including phenoxy) is 1. The largest absolute Gasteiger partial charge is 0.444 e. The Morgan fingerprint density at radius 2 is 1.76 bits per heavy atom. The van der Waals surface area contributed by atoms with Gasteiger partial charge in [-0.05, 0) is 58.6 Å². The molecule has 12 heteroatoms. The molecule has 12 nitrogen and oxygen atoms in total. The van der Waals surface area contributed by atoms with Gasteiger partial charge in [-0.2, -0.15) is 0 Å². The fraction of sp³-hybridized carbons (Fsp3) is 0.500. The fourth-order valence-electron chi connectivity index (χ4n) is 4.67. The predicted molar refractivity (Wildman–Crippen MR) is 144 cm³/mol. The Bertz CT molecular complexity index is 1290. The normalized spacial score (nSPS) is 20.1. The van der Waals surface area contributed by atoms with Gasteiger partial charge in [0.25, 0.3) is 5.91 Å². The summed E-state index contributed by atoms with van der Waals surface area (Å²) in [4.78, 5) is 35.6. The summed E-state index contributed by atoms with van der Waals surface area (Å²) < 4.78 is 7.02. The van der Waals surface area contributed by atoms with E-state index in [0.717, 1.165) is 31.4 Å². The number of nitrogens with zero attached hydrogens (tertiary/aromatic N) is 5. The van der Waals surface area contributed by atoms with Crippen LogP contribution >= 0.6 is 0 Å². The number of likely N-dealkylation sites (tertiary alicyclic amines) is 1. The van der Waals surface area contributed by atoms with Crippen molar-refractivity contribution < 1.29 is 14.3 Å². The van der Waals surface area contributed by atoms with Crippen molar-refractivity contribution in [3.63, 3.8) is 0 Å². The zero-order chi connectivity index (χ0) is 26.9. The van der Waals surface area contributed by atoms with E-state index in [2.05, 4.69) is 25.9 Å². The highest BCUT2D eigenvalue weighted by Gasteiger charge is 2.34. The van der Waals surface area contributed by atoms with E-state index in [9.17, 15) is 9.59 Å². The lowest BCUT2D eigenvalue weighted by Crippen LogP contribution is -2.58. The number of anilines is 3. The number of rotatable bonds is 6. The van der Waals surface area contributed by atoms with Crippen LogP contribution in [0.25, 0.3) is 5.65 Å². The van der Waals surface area contributed by atoms with E-state index >= 15 is 0 Å². The number of hydrogen-bond donors (Lipinski definition) is 4. The van der Waals surface area contributed by atoms with Crippen LogP contribution in [0.5, 0.6) is 0 Å². The van der Waals surface area contributed by atoms with Crippen molar-refractivity contribution in [2.24, 2.45) is 5.73 Å². The molecule has 1 saturated heterocycles. The van der Waals surface area contributed by atoms with Gasteiger partial charge in [0.05, 0.1) is 17.9 Å². The average Bonchev–Trinajstić information content (AvgIpc) is 3.26. The molecule has 0 atom stereocenters. The molecule has 4 heterocycles. The van der Waals surface area contributed by atoms with E-state index in [4.69, 9.17) is 15.6 Å². The van der Waals surface area contributed by atoms with Crippen LogP contribution < -0.4 is 21.7 Å². The molecule has 1 aliphatic carbocycles. The molecule has 1 aliphatic heterocycles. The predicted octanol–water partition coefficient (Wildman–Crippen LogP) is 3.09. The number of fused-ring (bicyclic) bond motifs is 1. The van der Waals surface area contributed by atoms with E-state index in [1.54, 1.807) is 33.9 Å². The van der Waals surface area contributed by atoms with Gasteiger partial charge < -0.3 is 31.3 Å². The quantitative estimate of drug-likeness (QED) is 0.383. The third kappa shape index (κ3) is 5.96. The van der Waals surface area contributed by atoms with Gasteiger partial charge in [-0.15, -0.1) is 5.10 Å². The molecule has 5 rings (SSSR count). The minimum Gasteiger partial charge on any atom is -0.444 e. The van der Waals surface area contributed by atoms with Crippen LogP contribution in [-0.2, 0) is 4.74 Å². The Morgan fingerprint density at radius 3 is 2.45 bits per heavy atom. The highest BCUT2D eigenvalue weighted by Crippen LogP contribution is 2.27.